The monoisotopic (exact) mass is 602 g/mol. The van der Waals surface area contributed by atoms with Crippen LogP contribution in [0.5, 0.6) is 0 Å². The maximum Gasteiger partial charge on any atom is 0.255 e. The van der Waals surface area contributed by atoms with E-state index < -0.39 is 0 Å². The summed E-state index contributed by atoms with van der Waals surface area (Å²) in [7, 11) is 0. The SMILES string of the molecule is CC(C)(C)c1ccc(CC(=O)c2cc(NC(=O)c3ccc(C(C)(C)C)cc3)cc(C(=O)Nc3ccc(C(C)(C)C)cc3)c2)cc1. The van der Waals surface area contributed by atoms with Gasteiger partial charge in [0.05, 0.1) is 0 Å². The molecule has 0 heterocycles. The Morgan fingerprint density at radius 3 is 1.36 bits per heavy atom. The molecule has 2 N–H and O–H groups in total. The number of carbonyl (C=O) groups is 3. The van der Waals surface area contributed by atoms with Crippen LogP contribution in [0.3, 0.4) is 0 Å². The second-order valence-electron chi connectivity index (χ2n) is 14.9. The highest BCUT2D eigenvalue weighted by Gasteiger charge is 2.19. The second kappa shape index (κ2) is 12.8. The van der Waals surface area contributed by atoms with Gasteiger partial charge < -0.3 is 10.6 Å². The molecule has 45 heavy (non-hydrogen) atoms. The largest absolute Gasteiger partial charge is 0.322 e. The first-order chi connectivity index (χ1) is 20.9. The van der Waals surface area contributed by atoms with E-state index in [0.717, 1.165) is 16.7 Å². The summed E-state index contributed by atoms with van der Waals surface area (Å²) in [5, 5.41) is 5.85. The summed E-state index contributed by atoms with van der Waals surface area (Å²) in [6.07, 6.45) is 0.172. The Bertz CT molecular complexity index is 1590. The average Bonchev–Trinajstić information content (AvgIpc) is 2.96. The van der Waals surface area contributed by atoms with E-state index in [4.69, 9.17) is 0 Å². The van der Waals surface area contributed by atoms with Crippen molar-refractivity contribution in [3.05, 3.63) is 130 Å². The molecule has 4 aromatic rings. The summed E-state index contributed by atoms with van der Waals surface area (Å²) in [5.41, 5.74) is 6.46. The van der Waals surface area contributed by atoms with Gasteiger partial charge in [-0.1, -0.05) is 111 Å². The van der Waals surface area contributed by atoms with Gasteiger partial charge in [0.15, 0.2) is 5.78 Å². The van der Waals surface area contributed by atoms with E-state index in [1.807, 2.05) is 60.7 Å². The summed E-state index contributed by atoms with van der Waals surface area (Å²) in [5.74, 6) is -0.831. The number of nitrogens with one attached hydrogen (secondary N) is 2. The molecule has 0 fully saturated rings. The fraction of sp³-hybridized carbons (Fsp3) is 0.325. The number of anilines is 2. The lowest BCUT2D eigenvalue weighted by molar-refractivity contribution is 0.0989. The van der Waals surface area contributed by atoms with Crippen LogP contribution in [-0.2, 0) is 22.7 Å². The fourth-order valence-corrected chi connectivity index (χ4v) is 4.98. The van der Waals surface area contributed by atoms with Crippen molar-refractivity contribution >= 4 is 29.0 Å². The Balaban J connectivity index is 1.62. The van der Waals surface area contributed by atoms with Crippen LogP contribution in [0.1, 0.15) is 116 Å². The van der Waals surface area contributed by atoms with Crippen molar-refractivity contribution in [2.24, 2.45) is 0 Å². The van der Waals surface area contributed by atoms with Crippen molar-refractivity contribution in [2.45, 2.75) is 85.0 Å². The molecule has 234 valence electrons. The summed E-state index contributed by atoms with van der Waals surface area (Å²) in [4.78, 5) is 40.3. The van der Waals surface area contributed by atoms with Gasteiger partial charge in [-0.05, 0) is 81.0 Å². The molecule has 0 unspecified atom stereocenters. The highest BCUT2D eigenvalue weighted by molar-refractivity contribution is 6.10. The lowest BCUT2D eigenvalue weighted by Crippen LogP contribution is -2.17. The Labute approximate surface area is 268 Å². The first-order valence-corrected chi connectivity index (χ1v) is 15.5. The van der Waals surface area contributed by atoms with Crippen LogP contribution in [0.25, 0.3) is 0 Å². The highest BCUT2D eigenvalue weighted by Crippen LogP contribution is 2.26. The maximum atomic E-state index is 13.6. The van der Waals surface area contributed by atoms with E-state index >= 15 is 0 Å². The molecule has 0 aromatic heterocycles. The summed E-state index contributed by atoms with van der Waals surface area (Å²) >= 11 is 0. The number of carbonyl (C=O) groups excluding carboxylic acids is 3. The van der Waals surface area contributed by atoms with Crippen molar-refractivity contribution < 1.29 is 14.4 Å². The summed E-state index contributed by atoms with van der Waals surface area (Å²) in [6, 6.07) is 28.1. The smallest absolute Gasteiger partial charge is 0.255 e. The number of hydrogen-bond acceptors (Lipinski definition) is 3. The molecule has 4 rings (SSSR count). The Morgan fingerprint density at radius 2 is 0.867 bits per heavy atom. The zero-order chi connectivity index (χ0) is 33.2. The zero-order valence-electron chi connectivity index (χ0n) is 28.1. The molecule has 2 amide bonds. The Morgan fingerprint density at radius 1 is 0.467 bits per heavy atom. The van der Waals surface area contributed by atoms with Gasteiger partial charge in [0, 0.05) is 34.5 Å². The molecule has 0 bridgehead atoms. The number of benzene rings is 4. The third-order valence-corrected chi connectivity index (χ3v) is 7.98. The van der Waals surface area contributed by atoms with Gasteiger partial charge >= 0.3 is 0 Å². The molecule has 5 heteroatoms. The minimum Gasteiger partial charge on any atom is -0.322 e. The molecule has 0 radical (unpaired) electrons. The van der Waals surface area contributed by atoms with Gasteiger partial charge in [-0.25, -0.2) is 0 Å². The van der Waals surface area contributed by atoms with E-state index in [-0.39, 0.29) is 45.8 Å². The molecular formula is C40H46N2O3. The predicted octanol–water partition coefficient (Wildman–Crippen LogP) is 9.51. The molecule has 0 aliphatic heterocycles. The lowest BCUT2D eigenvalue weighted by atomic mass is 9.86. The molecule has 0 aliphatic rings. The van der Waals surface area contributed by atoms with Gasteiger partial charge in [-0.2, -0.15) is 0 Å². The number of ketones is 1. The van der Waals surface area contributed by atoms with Crippen molar-refractivity contribution in [1.82, 2.24) is 0 Å². The second-order valence-corrected chi connectivity index (χ2v) is 14.9. The molecule has 0 spiro atoms. The minimum atomic E-state index is -0.368. The van der Waals surface area contributed by atoms with Gasteiger partial charge in [0.1, 0.15) is 0 Å². The highest BCUT2D eigenvalue weighted by atomic mass is 16.2. The number of amides is 2. The summed E-state index contributed by atoms with van der Waals surface area (Å²) in [6.45, 7) is 19.2. The van der Waals surface area contributed by atoms with Crippen molar-refractivity contribution in [2.75, 3.05) is 10.6 Å². The van der Waals surface area contributed by atoms with E-state index in [9.17, 15) is 14.4 Å². The molecular weight excluding hydrogens is 556 g/mol. The first kappa shape index (κ1) is 33.4. The van der Waals surface area contributed by atoms with E-state index in [1.165, 1.54) is 5.56 Å². The van der Waals surface area contributed by atoms with Crippen LogP contribution >= 0.6 is 0 Å². The molecule has 0 atom stereocenters. The average molecular weight is 603 g/mol. The maximum absolute atomic E-state index is 13.6. The van der Waals surface area contributed by atoms with Crippen LogP contribution in [0.2, 0.25) is 0 Å². The number of Topliss-reactive ketones (excluding diaryl/α,β-unsaturated/α-hetero) is 1. The first-order valence-electron chi connectivity index (χ1n) is 15.5. The van der Waals surface area contributed by atoms with Crippen LogP contribution < -0.4 is 10.6 Å². The summed E-state index contributed by atoms with van der Waals surface area (Å²) < 4.78 is 0. The molecule has 5 nitrogen and oxygen atoms in total. The Hall–Kier alpha value is -4.51. The Kier molecular flexibility index (Phi) is 9.53. The minimum absolute atomic E-state index is 0.00945. The molecule has 0 aliphatic carbocycles. The number of rotatable bonds is 7. The van der Waals surface area contributed by atoms with Gasteiger partial charge in [0.25, 0.3) is 11.8 Å². The normalized spacial score (nSPS) is 12.0. The van der Waals surface area contributed by atoms with Crippen molar-refractivity contribution in [3.63, 3.8) is 0 Å². The topological polar surface area (TPSA) is 75.3 Å². The van der Waals surface area contributed by atoms with Gasteiger partial charge in [-0.3, -0.25) is 14.4 Å². The molecule has 4 aromatic carbocycles. The fourth-order valence-electron chi connectivity index (χ4n) is 4.98. The standard InChI is InChI=1S/C40H46N2O3/c1-38(2,3)30-14-10-26(11-15-30)22-35(43)28-23-29(37(45)41-33-20-18-32(19-21-33)40(7,8)9)25-34(24-28)42-36(44)27-12-16-31(17-13-27)39(4,5)6/h10-21,23-25H,22H2,1-9H3,(H,41,45)(H,42,44). The third-order valence-electron chi connectivity index (χ3n) is 7.98. The zero-order valence-corrected chi connectivity index (χ0v) is 28.1. The van der Waals surface area contributed by atoms with Crippen molar-refractivity contribution in [3.8, 4) is 0 Å². The van der Waals surface area contributed by atoms with Crippen LogP contribution in [0.4, 0.5) is 11.4 Å². The predicted molar refractivity (Wildman–Crippen MR) is 186 cm³/mol. The number of hydrogen-bond donors (Lipinski definition) is 2. The van der Waals surface area contributed by atoms with Gasteiger partial charge in [-0.15, -0.1) is 0 Å². The van der Waals surface area contributed by atoms with Crippen molar-refractivity contribution in [1.29, 1.82) is 0 Å². The van der Waals surface area contributed by atoms with Crippen LogP contribution in [0, 0.1) is 0 Å². The van der Waals surface area contributed by atoms with E-state index in [0.29, 0.717) is 22.5 Å². The molecule has 0 saturated carbocycles. The van der Waals surface area contributed by atoms with E-state index in [2.05, 4.69) is 72.9 Å². The van der Waals surface area contributed by atoms with E-state index in [1.54, 1.807) is 30.3 Å². The lowest BCUT2D eigenvalue weighted by Gasteiger charge is -2.19. The quantitative estimate of drug-likeness (QED) is 0.207. The molecule has 0 saturated heterocycles. The van der Waals surface area contributed by atoms with Crippen LogP contribution in [0.15, 0.2) is 91.0 Å². The third kappa shape index (κ3) is 8.78. The van der Waals surface area contributed by atoms with Gasteiger partial charge in [0.2, 0.25) is 0 Å². The van der Waals surface area contributed by atoms with Crippen LogP contribution in [-0.4, -0.2) is 17.6 Å².